The summed E-state index contributed by atoms with van der Waals surface area (Å²) in [5.74, 6) is 0.953. The van der Waals surface area contributed by atoms with Crippen molar-refractivity contribution in [3.8, 4) is 5.75 Å². The lowest BCUT2D eigenvalue weighted by atomic mass is 10.0. The van der Waals surface area contributed by atoms with Gasteiger partial charge in [0.05, 0.1) is 0 Å². The zero-order chi connectivity index (χ0) is 23.9. The minimum atomic E-state index is -0.585. The average molecular weight is 472 g/mol. The van der Waals surface area contributed by atoms with Gasteiger partial charge in [-0.05, 0) is 55.6 Å². The molecule has 0 radical (unpaired) electrons. The van der Waals surface area contributed by atoms with Gasteiger partial charge in [0.2, 0.25) is 5.91 Å². The van der Waals surface area contributed by atoms with Crippen LogP contribution in [0.15, 0.2) is 60.7 Å². The van der Waals surface area contributed by atoms with Gasteiger partial charge in [0.25, 0.3) is 5.91 Å². The fraction of sp³-hybridized carbons (Fsp3) is 0.462. The number of nitrogens with zero attached hydrogens (tertiary/aromatic N) is 1. The van der Waals surface area contributed by atoms with E-state index in [2.05, 4.69) is 41.5 Å². The third-order valence-corrected chi connectivity index (χ3v) is 6.17. The van der Waals surface area contributed by atoms with Crippen molar-refractivity contribution in [3.63, 3.8) is 0 Å². The van der Waals surface area contributed by atoms with E-state index < -0.39 is 6.04 Å². The number of amides is 2. The van der Waals surface area contributed by atoms with Crippen molar-refractivity contribution < 1.29 is 14.3 Å². The smallest absolute Gasteiger partial charge is 0.258 e. The SMILES string of the molecule is CCN(CC)C(CNC(=O)C(CCSC)NC(=O)COc1ccccc1)Cc1ccccc1. The molecule has 2 rings (SSSR count). The van der Waals surface area contributed by atoms with Crippen LogP contribution >= 0.6 is 11.8 Å². The van der Waals surface area contributed by atoms with Crippen LogP contribution < -0.4 is 15.4 Å². The minimum absolute atomic E-state index is 0.122. The molecule has 0 bridgehead atoms. The number of rotatable bonds is 15. The predicted octanol–water partition coefficient (Wildman–Crippen LogP) is 3.37. The van der Waals surface area contributed by atoms with Gasteiger partial charge >= 0.3 is 0 Å². The number of nitrogens with one attached hydrogen (secondary N) is 2. The summed E-state index contributed by atoms with van der Waals surface area (Å²) in [6, 6.07) is 19.1. The topological polar surface area (TPSA) is 70.7 Å². The Kier molecular flexibility index (Phi) is 12.4. The zero-order valence-electron chi connectivity index (χ0n) is 20.0. The molecule has 0 aliphatic heterocycles. The van der Waals surface area contributed by atoms with E-state index in [1.54, 1.807) is 23.9 Å². The Morgan fingerprint density at radius 3 is 2.24 bits per heavy atom. The van der Waals surface area contributed by atoms with Crippen LogP contribution in [0.3, 0.4) is 0 Å². The molecule has 7 heteroatoms. The van der Waals surface area contributed by atoms with Crippen LogP contribution in [0.4, 0.5) is 0 Å². The zero-order valence-corrected chi connectivity index (χ0v) is 20.8. The van der Waals surface area contributed by atoms with Gasteiger partial charge in [0, 0.05) is 12.6 Å². The molecule has 0 fully saturated rings. The van der Waals surface area contributed by atoms with E-state index in [4.69, 9.17) is 4.74 Å². The number of likely N-dealkylation sites (N-methyl/N-ethyl adjacent to an activating group) is 1. The maximum Gasteiger partial charge on any atom is 0.258 e. The maximum atomic E-state index is 13.0. The number of thioether (sulfide) groups is 1. The Morgan fingerprint density at radius 2 is 1.64 bits per heavy atom. The summed E-state index contributed by atoms with van der Waals surface area (Å²) < 4.78 is 5.52. The van der Waals surface area contributed by atoms with Crippen LogP contribution in [0.2, 0.25) is 0 Å². The highest BCUT2D eigenvalue weighted by atomic mass is 32.2. The predicted molar refractivity (Wildman–Crippen MR) is 137 cm³/mol. The van der Waals surface area contributed by atoms with E-state index in [0.717, 1.165) is 25.3 Å². The molecule has 180 valence electrons. The highest BCUT2D eigenvalue weighted by Crippen LogP contribution is 2.10. The van der Waals surface area contributed by atoms with Gasteiger partial charge in [-0.25, -0.2) is 0 Å². The van der Waals surface area contributed by atoms with E-state index in [-0.39, 0.29) is 24.5 Å². The third-order valence-electron chi connectivity index (χ3n) is 5.53. The molecule has 0 heterocycles. The summed E-state index contributed by atoms with van der Waals surface area (Å²) >= 11 is 1.65. The lowest BCUT2D eigenvalue weighted by Gasteiger charge is -2.30. The largest absolute Gasteiger partial charge is 0.484 e. The molecule has 0 aliphatic carbocycles. The Hall–Kier alpha value is -2.51. The molecular weight excluding hydrogens is 434 g/mol. The van der Waals surface area contributed by atoms with Crippen molar-refractivity contribution in [1.29, 1.82) is 0 Å². The number of carbonyl (C=O) groups is 2. The second kappa shape index (κ2) is 15.3. The van der Waals surface area contributed by atoms with E-state index in [1.165, 1.54) is 5.56 Å². The molecule has 2 unspecified atom stereocenters. The first-order chi connectivity index (χ1) is 16.1. The number of hydrogen-bond acceptors (Lipinski definition) is 5. The van der Waals surface area contributed by atoms with Crippen molar-refractivity contribution >= 4 is 23.6 Å². The summed E-state index contributed by atoms with van der Waals surface area (Å²) in [6.07, 6.45) is 3.42. The highest BCUT2D eigenvalue weighted by Gasteiger charge is 2.23. The van der Waals surface area contributed by atoms with Crippen LogP contribution in [0, 0.1) is 0 Å². The van der Waals surface area contributed by atoms with Gasteiger partial charge in [-0.1, -0.05) is 62.4 Å². The quantitative estimate of drug-likeness (QED) is 0.417. The molecule has 0 aliphatic rings. The van der Waals surface area contributed by atoms with Gasteiger partial charge < -0.3 is 15.4 Å². The van der Waals surface area contributed by atoms with E-state index in [9.17, 15) is 9.59 Å². The molecule has 2 atom stereocenters. The van der Waals surface area contributed by atoms with Gasteiger partial charge in [0.1, 0.15) is 11.8 Å². The lowest BCUT2D eigenvalue weighted by molar-refractivity contribution is -0.130. The van der Waals surface area contributed by atoms with Crippen LogP contribution in [0.25, 0.3) is 0 Å². The van der Waals surface area contributed by atoms with Crippen LogP contribution in [-0.4, -0.2) is 67.0 Å². The molecule has 0 saturated carbocycles. The molecule has 2 amide bonds. The average Bonchev–Trinajstić information content (AvgIpc) is 2.85. The Balaban J connectivity index is 1.95. The maximum absolute atomic E-state index is 13.0. The molecule has 2 aromatic rings. The number of carbonyl (C=O) groups excluding carboxylic acids is 2. The van der Waals surface area contributed by atoms with Crippen LogP contribution in [0.1, 0.15) is 25.8 Å². The number of ether oxygens (including phenoxy) is 1. The Labute approximate surface area is 202 Å². The molecule has 2 N–H and O–H groups in total. The lowest BCUT2D eigenvalue weighted by Crippen LogP contribution is -2.52. The fourth-order valence-corrected chi connectivity index (χ4v) is 4.18. The van der Waals surface area contributed by atoms with Crippen LogP contribution in [0.5, 0.6) is 5.75 Å². The van der Waals surface area contributed by atoms with Crippen molar-refractivity contribution in [3.05, 3.63) is 66.2 Å². The number of hydrogen-bond donors (Lipinski definition) is 2. The molecule has 0 aromatic heterocycles. The first-order valence-electron chi connectivity index (χ1n) is 11.6. The standard InChI is InChI=1S/C26H37N3O3S/c1-4-29(5-2)22(18-21-12-8-6-9-13-21)19-27-26(31)24(16-17-33-3)28-25(30)20-32-23-14-10-7-11-15-23/h6-15,22,24H,4-5,16-20H2,1-3H3,(H,27,31)(H,28,30). The highest BCUT2D eigenvalue weighted by molar-refractivity contribution is 7.98. The first kappa shape index (κ1) is 26.7. The van der Waals surface area contributed by atoms with E-state index in [0.29, 0.717) is 18.7 Å². The summed E-state index contributed by atoms with van der Waals surface area (Å²) in [6.45, 7) is 6.50. The molecule has 0 saturated heterocycles. The van der Waals surface area contributed by atoms with E-state index >= 15 is 0 Å². The van der Waals surface area contributed by atoms with E-state index in [1.807, 2.05) is 42.7 Å². The van der Waals surface area contributed by atoms with Crippen molar-refractivity contribution in [2.45, 2.75) is 38.8 Å². The van der Waals surface area contributed by atoms with Crippen molar-refractivity contribution in [2.24, 2.45) is 0 Å². The second-order valence-electron chi connectivity index (χ2n) is 7.81. The summed E-state index contributed by atoms with van der Waals surface area (Å²) in [5, 5.41) is 5.94. The van der Waals surface area contributed by atoms with Gasteiger partial charge in [-0.3, -0.25) is 14.5 Å². The summed E-state index contributed by atoms with van der Waals surface area (Å²) in [7, 11) is 0. The molecular formula is C26H37N3O3S. The summed E-state index contributed by atoms with van der Waals surface area (Å²) in [4.78, 5) is 27.8. The Bertz CT molecular complexity index is 816. The third kappa shape index (κ3) is 9.88. The van der Waals surface area contributed by atoms with Gasteiger partial charge in [-0.15, -0.1) is 0 Å². The molecule has 33 heavy (non-hydrogen) atoms. The van der Waals surface area contributed by atoms with Crippen molar-refractivity contribution in [2.75, 3.05) is 38.2 Å². The monoisotopic (exact) mass is 471 g/mol. The summed E-state index contributed by atoms with van der Waals surface area (Å²) in [5.41, 5.74) is 1.24. The molecule has 6 nitrogen and oxygen atoms in total. The minimum Gasteiger partial charge on any atom is -0.484 e. The fourth-order valence-electron chi connectivity index (χ4n) is 3.70. The first-order valence-corrected chi connectivity index (χ1v) is 13.0. The van der Waals surface area contributed by atoms with Crippen molar-refractivity contribution in [1.82, 2.24) is 15.5 Å². The number of para-hydroxylation sites is 1. The van der Waals surface area contributed by atoms with Crippen LogP contribution in [-0.2, 0) is 16.0 Å². The second-order valence-corrected chi connectivity index (χ2v) is 8.80. The molecule has 2 aromatic carbocycles. The van der Waals surface area contributed by atoms with Gasteiger partial charge in [0.15, 0.2) is 6.61 Å². The Morgan fingerprint density at radius 1 is 1.00 bits per heavy atom. The van der Waals surface area contributed by atoms with Gasteiger partial charge in [-0.2, -0.15) is 11.8 Å². The number of benzene rings is 2. The molecule has 0 spiro atoms. The normalized spacial score (nSPS) is 12.7.